The van der Waals surface area contributed by atoms with E-state index in [0.29, 0.717) is 30.5 Å². The molecular formula is C20H26F2N2O2. The summed E-state index contributed by atoms with van der Waals surface area (Å²) in [6, 6.07) is 3.19. The van der Waals surface area contributed by atoms with Crippen LogP contribution in [0.15, 0.2) is 12.1 Å². The lowest BCUT2D eigenvalue weighted by atomic mass is 9.73. The van der Waals surface area contributed by atoms with E-state index in [9.17, 15) is 13.6 Å². The number of rotatable bonds is 4. The zero-order valence-electron chi connectivity index (χ0n) is 15.3. The van der Waals surface area contributed by atoms with E-state index >= 15 is 0 Å². The minimum atomic E-state index is -0.655. The third-order valence-electron chi connectivity index (χ3n) is 6.09. The van der Waals surface area contributed by atoms with Crippen LogP contribution in [-0.4, -0.2) is 48.5 Å². The predicted molar refractivity (Wildman–Crippen MR) is 93.8 cm³/mol. The minimum Gasteiger partial charge on any atom is -0.491 e. The van der Waals surface area contributed by atoms with Crippen molar-refractivity contribution in [2.24, 2.45) is 5.41 Å². The number of hydrogen-bond donors (Lipinski definition) is 0. The van der Waals surface area contributed by atoms with Gasteiger partial charge in [-0.15, -0.1) is 0 Å². The molecular weight excluding hydrogens is 338 g/mol. The first-order valence-electron chi connectivity index (χ1n) is 9.53. The van der Waals surface area contributed by atoms with E-state index in [0.717, 1.165) is 51.7 Å². The lowest BCUT2D eigenvalue weighted by molar-refractivity contribution is -0.140. The molecule has 142 valence electrons. The Hall–Kier alpha value is -1.69. The molecule has 0 unspecified atom stereocenters. The van der Waals surface area contributed by atoms with Crippen LogP contribution in [0.5, 0.6) is 5.75 Å². The molecule has 0 aromatic heterocycles. The van der Waals surface area contributed by atoms with Crippen molar-refractivity contribution in [2.75, 3.05) is 26.7 Å². The molecule has 4 rings (SSSR count). The smallest absolute Gasteiger partial charge is 0.222 e. The van der Waals surface area contributed by atoms with Crippen LogP contribution in [0.1, 0.15) is 44.1 Å². The first kappa shape index (κ1) is 17.7. The molecule has 3 aliphatic rings. The van der Waals surface area contributed by atoms with E-state index in [1.165, 1.54) is 19.2 Å². The van der Waals surface area contributed by atoms with Crippen LogP contribution in [0.2, 0.25) is 0 Å². The van der Waals surface area contributed by atoms with Crippen molar-refractivity contribution in [3.8, 4) is 5.75 Å². The van der Waals surface area contributed by atoms with Gasteiger partial charge in [-0.2, -0.15) is 0 Å². The predicted octanol–water partition coefficient (Wildman–Crippen LogP) is 3.34. The molecule has 3 fully saturated rings. The zero-order valence-corrected chi connectivity index (χ0v) is 15.3. The van der Waals surface area contributed by atoms with Crippen molar-refractivity contribution in [2.45, 2.75) is 51.1 Å². The first-order valence-corrected chi connectivity index (χ1v) is 9.53. The van der Waals surface area contributed by atoms with Gasteiger partial charge in [-0.05, 0) is 56.3 Å². The third-order valence-corrected chi connectivity index (χ3v) is 6.09. The van der Waals surface area contributed by atoms with Crippen LogP contribution >= 0.6 is 0 Å². The molecule has 1 saturated carbocycles. The largest absolute Gasteiger partial charge is 0.491 e. The van der Waals surface area contributed by atoms with Gasteiger partial charge >= 0.3 is 0 Å². The average molecular weight is 364 g/mol. The van der Waals surface area contributed by atoms with Crippen molar-refractivity contribution >= 4 is 5.91 Å². The van der Waals surface area contributed by atoms with E-state index in [1.54, 1.807) is 0 Å². The topological polar surface area (TPSA) is 32.8 Å². The quantitative estimate of drug-likeness (QED) is 0.822. The second-order valence-electron chi connectivity index (χ2n) is 8.16. The number of carbonyl (C=O) groups is 1. The molecule has 1 aliphatic carbocycles. The molecule has 1 aromatic carbocycles. The summed E-state index contributed by atoms with van der Waals surface area (Å²) in [6.45, 7) is 3.18. The lowest BCUT2D eigenvalue weighted by Gasteiger charge is -2.48. The van der Waals surface area contributed by atoms with Crippen molar-refractivity contribution in [3.63, 3.8) is 0 Å². The van der Waals surface area contributed by atoms with Crippen molar-refractivity contribution in [1.82, 2.24) is 9.80 Å². The van der Waals surface area contributed by atoms with Gasteiger partial charge in [0.2, 0.25) is 5.91 Å². The van der Waals surface area contributed by atoms with E-state index in [-0.39, 0.29) is 11.2 Å². The molecule has 2 heterocycles. The number of piperidine rings is 2. The average Bonchev–Trinajstić information content (AvgIpc) is 3.42. The van der Waals surface area contributed by atoms with Crippen LogP contribution < -0.4 is 4.74 Å². The van der Waals surface area contributed by atoms with Crippen LogP contribution in [0.3, 0.4) is 0 Å². The molecule has 0 N–H and O–H groups in total. The Morgan fingerprint density at radius 1 is 1.19 bits per heavy atom. The highest BCUT2D eigenvalue weighted by Crippen LogP contribution is 2.42. The number of ether oxygens (including phenoxy) is 1. The highest BCUT2D eigenvalue weighted by Gasteiger charge is 2.45. The van der Waals surface area contributed by atoms with E-state index in [4.69, 9.17) is 4.74 Å². The van der Waals surface area contributed by atoms with Crippen LogP contribution in [0, 0.1) is 17.0 Å². The zero-order chi connectivity index (χ0) is 18.3. The number of benzene rings is 1. The normalized spacial score (nSPS) is 27.2. The van der Waals surface area contributed by atoms with Crippen molar-refractivity contribution < 1.29 is 18.3 Å². The Morgan fingerprint density at radius 2 is 1.92 bits per heavy atom. The summed E-state index contributed by atoms with van der Waals surface area (Å²) < 4.78 is 32.7. The molecule has 26 heavy (non-hydrogen) atoms. The Balaban J connectivity index is 1.46. The summed E-state index contributed by atoms with van der Waals surface area (Å²) in [4.78, 5) is 16.6. The summed E-state index contributed by atoms with van der Waals surface area (Å²) in [5.74, 6) is -1.33. The fourth-order valence-corrected chi connectivity index (χ4v) is 4.70. The molecule has 2 aliphatic heterocycles. The maximum atomic E-state index is 14.0. The van der Waals surface area contributed by atoms with Gasteiger partial charge < -0.3 is 9.64 Å². The summed E-state index contributed by atoms with van der Waals surface area (Å²) in [5.41, 5.74) is 0.766. The minimum absolute atomic E-state index is 0.137. The van der Waals surface area contributed by atoms with Crippen molar-refractivity contribution in [1.29, 1.82) is 0 Å². The van der Waals surface area contributed by atoms with Crippen LogP contribution in [-0.2, 0) is 11.3 Å². The summed E-state index contributed by atoms with van der Waals surface area (Å²) in [6.07, 6.45) is 6.03. The molecule has 4 nitrogen and oxygen atoms in total. The van der Waals surface area contributed by atoms with Gasteiger partial charge in [-0.1, -0.05) is 0 Å². The standard InChI is InChI=1S/C20H26F2N2O2/c1-26-19-16(21)9-14(10-17(19)22)11-23-8-2-6-20(12-23)7-5-18(25)24(13-20)15-3-4-15/h9-10,15H,2-8,11-13H2,1H3/t20-/m0/s1. The maximum Gasteiger partial charge on any atom is 0.222 e. The molecule has 1 spiro atoms. The second-order valence-corrected chi connectivity index (χ2v) is 8.16. The first-order chi connectivity index (χ1) is 12.5. The van der Waals surface area contributed by atoms with Gasteiger partial charge in [0.25, 0.3) is 0 Å². The van der Waals surface area contributed by atoms with E-state index in [1.807, 2.05) is 0 Å². The van der Waals surface area contributed by atoms with E-state index < -0.39 is 11.6 Å². The molecule has 0 radical (unpaired) electrons. The van der Waals surface area contributed by atoms with Gasteiger partial charge in [-0.3, -0.25) is 9.69 Å². The lowest BCUT2D eigenvalue weighted by Crippen LogP contribution is -2.54. The maximum absolute atomic E-state index is 14.0. The Bertz CT molecular complexity index is 684. The van der Waals surface area contributed by atoms with Gasteiger partial charge in [0.05, 0.1) is 7.11 Å². The number of nitrogens with zero attached hydrogens (tertiary/aromatic N) is 2. The monoisotopic (exact) mass is 364 g/mol. The number of halogens is 2. The van der Waals surface area contributed by atoms with Crippen LogP contribution in [0.4, 0.5) is 8.78 Å². The Labute approximate surface area is 153 Å². The molecule has 1 atom stereocenters. The number of amides is 1. The molecule has 2 saturated heterocycles. The van der Waals surface area contributed by atoms with Crippen molar-refractivity contribution in [3.05, 3.63) is 29.3 Å². The van der Waals surface area contributed by atoms with Gasteiger partial charge in [-0.25, -0.2) is 8.78 Å². The highest BCUT2D eigenvalue weighted by atomic mass is 19.1. The molecule has 1 amide bonds. The fourth-order valence-electron chi connectivity index (χ4n) is 4.70. The second kappa shape index (κ2) is 6.80. The van der Waals surface area contributed by atoms with E-state index in [2.05, 4.69) is 9.80 Å². The fraction of sp³-hybridized carbons (Fsp3) is 0.650. The van der Waals surface area contributed by atoms with Crippen LogP contribution in [0.25, 0.3) is 0 Å². The Kier molecular flexibility index (Phi) is 4.63. The molecule has 1 aromatic rings. The number of hydrogen-bond acceptors (Lipinski definition) is 3. The number of methoxy groups -OCH3 is 1. The highest BCUT2D eigenvalue weighted by molar-refractivity contribution is 5.78. The molecule has 6 heteroatoms. The summed E-state index contributed by atoms with van der Waals surface area (Å²) in [5, 5.41) is 0. The summed E-state index contributed by atoms with van der Waals surface area (Å²) >= 11 is 0. The molecule has 0 bridgehead atoms. The third kappa shape index (κ3) is 3.43. The number of carbonyl (C=O) groups excluding carboxylic acids is 1. The SMILES string of the molecule is COc1c(F)cc(CN2CCC[C@]3(CCC(=O)N(C4CC4)C3)C2)cc1F. The van der Waals surface area contributed by atoms with Gasteiger partial charge in [0.15, 0.2) is 17.4 Å². The van der Waals surface area contributed by atoms with Gasteiger partial charge in [0, 0.05) is 37.5 Å². The summed E-state index contributed by atoms with van der Waals surface area (Å²) in [7, 11) is 1.27. The Morgan fingerprint density at radius 3 is 2.58 bits per heavy atom. The number of likely N-dealkylation sites (tertiary alicyclic amines) is 2. The van der Waals surface area contributed by atoms with Gasteiger partial charge in [0.1, 0.15) is 0 Å².